The van der Waals surface area contributed by atoms with Gasteiger partial charge in [-0.05, 0) is 68.0 Å². The number of aromatic amines is 1. The Labute approximate surface area is 168 Å². The first-order chi connectivity index (χ1) is 13.5. The first-order valence-electron chi connectivity index (χ1n) is 10.7. The number of nitrogens with zero attached hydrogens (tertiary/aromatic N) is 2. The molecule has 1 fully saturated rings. The Kier molecular flexibility index (Phi) is 4.20. The quantitative estimate of drug-likeness (QED) is 0.841. The Morgan fingerprint density at radius 2 is 2.07 bits per heavy atom. The van der Waals surface area contributed by atoms with Crippen LogP contribution in [0, 0.1) is 5.92 Å². The van der Waals surface area contributed by atoms with Crippen LogP contribution < -0.4 is 5.59 Å². The molecule has 2 aromatic rings. The second-order valence-electron chi connectivity index (χ2n) is 8.87. The van der Waals surface area contributed by atoms with Crippen LogP contribution in [0.25, 0.3) is 16.5 Å². The highest BCUT2D eigenvalue weighted by Gasteiger charge is 2.42. The topological polar surface area (TPSA) is 39.3 Å². The Morgan fingerprint density at radius 1 is 1.29 bits per heavy atom. The summed E-state index contributed by atoms with van der Waals surface area (Å²) in [5.41, 5.74) is 5.70. The average molecular weight is 373 g/mol. The number of carbonyl (C=O) groups is 1. The monoisotopic (exact) mass is 373 g/mol. The second-order valence-corrected chi connectivity index (χ2v) is 8.87. The van der Waals surface area contributed by atoms with Gasteiger partial charge in [-0.3, -0.25) is 9.69 Å². The number of carbonyl (C=O) groups excluding carboxylic acids is 1. The zero-order valence-corrected chi connectivity index (χ0v) is 17.0. The molecule has 5 rings (SSSR count). The standard InChI is InChI=1S/C23H28BN3O/c1-4-8-26-12-15(23(28)27-13(2)9-14(27)3)10-17-16-6-5-7-19-21(16)18(11-20(17)26)22(24)25-19/h5-7,10,13-15,20,25H,4,8-9,11-12H2,1-3H3/t13-,14?,15?,20+/m0/s1. The molecule has 2 unspecified atom stereocenters. The van der Waals surface area contributed by atoms with Gasteiger partial charge < -0.3 is 9.88 Å². The molecule has 0 saturated carbocycles. The van der Waals surface area contributed by atoms with Crippen LogP contribution in [-0.4, -0.2) is 59.8 Å². The van der Waals surface area contributed by atoms with Crippen LogP contribution >= 0.6 is 0 Å². The molecule has 3 heterocycles. The second kappa shape index (κ2) is 6.52. The molecule has 4 nitrogen and oxygen atoms in total. The molecule has 1 N–H and O–H groups in total. The minimum absolute atomic E-state index is 0.0592. The van der Waals surface area contributed by atoms with Crippen molar-refractivity contribution in [1.82, 2.24) is 14.8 Å². The maximum atomic E-state index is 13.3. The van der Waals surface area contributed by atoms with Gasteiger partial charge >= 0.3 is 0 Å². The van der Waals surface area contributed by atoms with Crippen LogP contribution in [0.15, 0.2) is 24.3 Å². The van der Waals surface area contributed by atoms with E-state index in [0.717, 1.165) is 43.5 Å². The van der Waals surface area contributed by atoms with E-state index in [2.05, 4.69) is 59.8 Å². The molecule has 2 aliphatic heterocycles. The van der Waals surface area contributed by atoms with E-state index in [4.69, 9.17) is 7.85 Å². The number of H-pyrrole nitrogens is 1. The Hall–Kier alpha value is -2.01. The molecular weight excluding hydrogens is 345 g/mol. The van der Waals surface area contributed by atoms with Crippen molar-refractivity contribution in [3.63, 3.8) is 0 Å². The average Bonchev–Trinajstić information content (AvgIpc) is 2.99. The van der Waals surface area contributed by atoms with E-state index in [0.29, 0.717) is 24.0 Å². The van der Waals surface area contributed by atoms with E-state index in [1.54, 1.807) is 0 Å². The first-order valence-corrected chi connectivity index (χ1v) is 10.7. The van der Waals surface area contributed by atoms with E-state index in [1.807, 2.05) is 0 Å². The summed E-state index contributed by atoms with van der Waals surface area (Å²) < 4.78 is 0. The van der Waals surface area contributed by atoms with E-state index in [9.17, 15) is 4.79 Å². The van der Waals surface area contributed by atoms with Crippen molar-refractivity contribution in [2.45, 2.75) is 58.2 Å². The number of fused-ring (bicyclic) bond motifs is 2. The SMILES string of the molecule is [B]c1[nH]c2cccc3c2c1C[C@@H]1C3=CC(C(=O)N2C(C)C[C@@H]2C)CN1CCC. The van der Waals surface area contributed by atoms with Crippen molar-refractivity contribution in [2.75, 3.05) is 13.1 Å². The van der Waals surface area contributed by atoms with Gasteiger partial charge in [0.15, 0.2) is 0 Å². The third-order valence-corrected chi connectivity index (χ3v) is 7.00. The van der Waals surface area contributed by atoms with Crippen LogP contribution in [0.4, 0.5) is 0 Å². The lowest BCUT2D eigenvalue weighted by atomic mass is 9.77. The summed E-state index contributed by atoms with van der Waals surface area (Å²) in [6.45, 7) is 8.36. The lowest BCUT2D eigenvalue weighted by molar-refractivity contribution is -0.146. The molecule has 1 aromatic heterocycles. The summed E-state index contributed by atoms with van der Waals surface area (Å²) in [4.78, 5) is 21.3. The molecule has 144 valence electrons. The molecule has 1 saturated heterocycles. The predicted molar refractivity (Wildman–Crippen MR) is 115 cm³/mol. The summed E-state index contributed by atoms with van der Waals surface area (Å²) in [6.07, 6.45) is 5.40. The number of hydrogen-bond donors (Lipinski definition) is 1. The van der Waals surface area contributed by atoms with Crippen molar-refractivity contribution in [3.8, 4) is 0 Å². The minimum Gasteiger partial charge on any atom is -0.368 e. The molecular formula is C23H28BN3O. The Morgan fingerprint density at radius 3 is 2.79 bits per heavy atom. The zero-order chi connectivity index (χ0) is 19.6. The minimum atomic E-state index is -0.0592. The molecule has 1 aromatic carbocycles. The molecule has 0 bridgehead atoms. The third-order valence-electron chi connectivity index (χ3n) is 7.00. The highest BCUT2D eigenvalue weighted by atomic mass is 16.2. The van der Waals surface area contributed by atoms with Crippen molar-refractivity contribution < 1.29 is 4.79 Å². The van der Waals surface area contributed by atoms with Gasteiger partial charge in [-0.25, -0.2) is 0 Å². The van der Waals surface area contributed by atoms with Gasteiger partial charge in [-0.1, -0.05) is 25.1 Å². The molecule has 5 heteroatoms. The van der Waals surface area contributed by atoms with Crippen LogP contribution in [0.1, 0.15) is 44.7 Å². The largest absolute Gasteiger partial charge is 0.368 e. The molecule has 1 aliphatic carbocycles. The fraction of sp³-hybridized carbons (Fsp3) is 0.522. The Balaban J connectivity index is 1.60. The summed E-state index contributed by atoms with van der Waals surface area (Å²) >= 11 is 0. The molecule has 3 aliphatic rings. The summed E-state index contributed by atoms with van der Waals surface area (Å²) in [5.74, 6) is 0.237. The third kappa shape index (κ3) is 2.52. The van der Waals surface area contributed by atoms with Crippen LogP contribution in [0.2, 0.25) is 0 Å². The smallest absolute Gasteiger partial charge is 0.231 e. The van der Waals surface area contributed by atoms with Gasteiger partial charge in [-0.15, -0.1) is 0 Å². The summed E-state index contributed by atoms with van der Waals surface area (Å²) in [7, 11) is 6.32. The van der Waals surface area contributed by atoms with E-state index >= 15 is 0 Å². The number of hydrogen-bond acceptors (Lipinski definition) is 2. The number of benzene rings is 1. The van der Waals surface area contributed by atoms with Crippen molar-refractivity contribution in [1.29, 1.82) is 0 Å². The van der Waals surface area contributed by atoms with E-state index in [1.165, 1.54) is 22.1 Å². The summed E-state index contributed by atoms with van der Waals surface area (Å²) in [6, 6.07) is 7.43. The number of amides is 1. The van der Waals surface area contributed by atoms with Crippen molar-refractivity contribution in [2.24, 2.45) is 5.92 Å². The molecule has 0 spiro atoms. The lowest BCUT2D eigenvalue weighted by Gasteiger charge is -2.49. The normalized spacial score (nSPS) is 29.4. The first kappa shape index (κ1) is 18.1. The fourth-order valence-corrected chi connectivity index (χ4v) is 5.78. The molecule has 2 radical (unpaired) electrons. The van der Waals surface area contributed by atoms with Gasteiger partial charge in [0.25, 0.3) is 0 Å². The number of likely N-dealkylation sites (tertiary alicyclic amines) is 1. The highest BCUT2D eigenvalue weighted by molar-refractivity contribution is 6.34. The van der Waals surface area contributed by atoms with Crippen molar-refractivity contribution in [3.05, 3.63) is 35.4 Å². The van der Waals surface area contributed by atoms with Crippen LogP contribution in [0.3, 0.4) is 0 Å². The van der Waals surface area contributed by atoms with Gasteiger partial charge in [0, 0.05) is 35.6 Å². The predicted octanol–water partition coefficient (Wildman–Crippen LogP) is 2.62. The van der Waals surface area contributed by atoms with Crippen LogP contribution in [-0.2, 0) is 11.2 Å². The molecule has 28 heavy (non-hydrogen) atoms. The number of aromatic nitrogens is 1. The van der Waals surface area contributed by atoms with Gasteiger partial charge in [-0.2, -0.15) is 0 Å². The maximum absolute atomic E-state index is 13.3. The zero-order valence-electron chi connectivity index (χ0n) is 17.0. The van der Waals surface area contributed by atoms with Gasteiger partial charge in [0.05, 0.1) is 5.92 Å². The van der Waals surface area contributed by atoms with E-state index in [-0.39, 0.29) is 5.92 Å². The highest BCUT2D eigenvalue weighted by Crippen LogP contribution is 2.41. The number of rotatable bonds is 3. The van der Waals surface area contributed by atoms with Gasteiger partial charge in [0.2, 0.25) is 5.91 Å². The summed E-state index contributed by atoms with van der Waals surface area (Å²) in [5, 5.41) is 1.25. The van der Waals surface area contributed by atoms with E-state index < -0.39 is 0 Å². The Bertz CT molecular complexity index is 970. The maximum Gasteiger partial charge on any atom is 0.231 e. The number of nitrogens with one attached hydrogen (secondary N) is 1. The van der Waals surface area contributed by atoms with Gasteiger partial charge in [0.1, 0.15) is 7.85 Å². The molecule has 4 atom stereocenters. The fourth-order valence-electron chi connectivity index (χ4n) is 5.78. The van der Waals surface area contributed by atoms with Crippen molar-refractivity contribution >= 4 is 35.8 Å². The lowest BCUT2D eigenvalue weighted by Crippen LogP contribution is -2.59. The molecule has 1 amide bonds. The van der Waals surface area contributed by atoms with Crippen LogP contribution in [0.5, 0.6) is 0 Å².